The zero-order valence-electron chi connectivity index (χ0n) is 50.9. The van der Waals surface area contributed by atoms with Crippen molar-refractivity contribution in [1.29, 1.82) is 0 Å². The maximum absolute atomic E-state index is 14.6. The number of nitrogens with two attached hydrogens (primary N) is 6. The lowest BCUT2D eigenvalue weighted by atomic mass is 9.99. The van der Waals surface area contributed by atoms with Gasteiger partial charge in [-0.15, -0.1) is 0 Å². The largest absolute Gasteiger partial charge is 0.508 e. The molecule has 0 radical (unpaired) electrons. The van der Waals surface area contributed by atoms with Crippen molar-refractivity contribution in [2.45, 2.75) is 153 Å². The van der Waals surface area contributed by atoms with Crippen molar-refractivity contribution in [1.82, 2.24) is 47.9 Å². The number of amides is 12. The van der Waals surface area contributed by atoms with E-state index in [4.69, 9.17) is 34.4 Å². The summed E-state index contributed by atoms with van der Waals surface area (Å²) in [6, 6.07) is 4.51. The summed E-state index contributed by atoms with van der Waals surface area (Å²) in [4.78, 5) is 167. The molecule has 0 aromatic heterocycles. The van der Waals surface area contributed by atoms with Gasteiger partial charge in [0.1, 0.15) is 65.9 Å². The van der Waals surface area contributed by atoms with Crippen molar-refractivity contribution in [2.24, 2.45) is 51.2 Å². The second kappa shape index (κ2) is 37.1. The lowest BCUT2D eigenvalue weighted by Gasteiger charge is -2.28. The maximum Gasteiger partial charge on any atom is 0.245 e. The van der Waals surface area contributed by atoms with Gasteiger partial charge in [-0.3, -0.25) is 62.5 Å². The topological polar surface area (TPSA) is 542 Å². The summed E-state index contributed by atoms with van der Waals surface area (Å²) in [5, 5.41) is 52.2. The number of nitrogens with zero attached hydrogens (tertiary/aromatic N) is 1. The Kier molecular flexibility index (Phi) is 30.6. The third-order valence-electron chi connectivity index (χ3n) is 13.5. The quantitative estimate of drug-likeness (QED) is 0.0145. The number of primary amides is 3. The van der Waals surface area contributed by atoms with Crippen LogP contribution in [0.1, 0.15) is 89.8 Å². The van der Waals surface area contributed by atoms with Crippen LogP contribution in [-0.4, -0.2) is 166 Å². The molecule has 0 aliphatic rings. The Labute approximate surface area is 520 Å². The van der Waals surface area contributed by atoms with E-state index in [2.05, 4.69) is 52.8 Å². The molecule has 0 spiro atoms. The maximum atomic E-state index is 14.6. The van der Waals surface area contributed by atoms with Gasteiger partial charge in [-0.05, 0) is 85.4 Å². The smallest absolute Gasteiger partial charge is 0.245 e. The number of rotatable bonds is 38. The molecule has 90 heavy (non-hydrogen) atoms. The summed E-state index contributed by atoms with van der Waals surface area (Å²) in [6.45, 7) is 7.10. The molecule has 12 amide bonds. The fourth-order valence-corrected chi connectivity index (χ4v) is 8.90. The number of carbonyl (C=O) groups is 12. The monoisotopic (exact) mass is 1260 g/mol. The van der Waals surface area contributed by atoms with Crippen LogP contribution >= 0.6 is 0 Å². The van der Waals surface area contributed by atoms with Gasteiger partial charge in [0, 0.05) is 25.8 Å². The van der Waals surface area contributed by atoms with Gasteiger partial charge in [0.2, 0.25) is 70.9 Å². The van der Waals surface area contributed by atoms with Gasteiger partial charge in [-0.2, -0.15) is 0 Å². The summed E-state index contributed by atoms with van der Waals surface area (Å²) in [6.07, 6.45) is -2.42. The number of aliphatic imine (C=N–C) groups is 1. The van der Waals surface area contributed by atoms with Crippen molar-refractivity contribution in [3.05, 3.63) is 95.6 Å². The molecule has 0 bridgehead atoms. The molecule has 0 saturated heterocycles. The molecule has 10 atom stereocenters. The summed E-state index contributed by atoms with van der Waals surface area (Å²) in [5.41, 5.74) is 34.9. The second-order valence-corrected chi connectivity index (χ2v) is 22.4. The van der Waals surface area contributed by atoms with Crippen molar-refractivity contribution in [3.8, 4) is 11.5 Å². The van der Waals surface area contributed by atoms with Crippen molar-refractivity contribution < 1.29 is 72.9 Å². The van der Waals surface area contributed by atoms with E-state index in [1.807, 2.05) is 0 Å². The normalized spacial score (nSPS) is 14.4. The Balaban J connectivity index is 1.93. The van der Waals surface area contributed by atoms with Crippen molar-refractivity contribution in [3.63, 3.8) is 0 Å². The number of benzene rings is 3. The van der Waals surface area contributed by atoms with Crippen molar-refractivity contribution >= 4 is 76.8 Å². The fourth-order valence-electron chi connectivity index (χ4n) is 8.90. The van der Waals surface area contributed by atoms with Crippen LogP contribution in [0.25, 0.3) is 0 Å². The average molecular weight is 1260 g/mol. The van der Waals surface area contributed by atoms with E-state index in [1.165, 1.54) is 55.5 Å². The minimum atomic E-state index is -1.88. The Morgan fingerprint density at radius 1 is 0.411 bits per heavy atom. The molecule has 10 unspecified atom stereocenters. The molecular weight excluding hydrogens is 1170 g/mol. The van der Waals surface area contributed by atoms with Crippen LogP contribution in [-0.2, 0) is 76.8 Å². The molecule has 3 aromatic carbocycles. The number of phenols is 2. The standard InChI is InChI=1S/C59H86N16O15/c1-30(2)22-40(52(84)67-38(12-9-21-66-59(64)65)51(83)68-39(49(63)81)24-33-10-7-6-8-11-33)70-54(86)43(26-35-15-19-37(78)20-16-35)72-57(89)44(27-47(61)79)73-53(85)41(23-31(3)4)71-56(88)45(28-48(62)80)74-58(90)46(29-76)75-55(87)42(69-50(82)32(5)60)25-34-13-17-36(77)18-14-34/h6-8,10-11,13-20,30-32,38-46,76-78H,9,12,21-29,60H2,1-5H3,(H2,61,79)(H2,62,80)(H2,63,81)(H,67,84)(H,68,83)(H,69,82)(H,70,86)(H,71,88)(H,72,89)(H,73,85)(H,74,90)(H,75,87)(H4,64,65,66). The lowest BCUT2D eigenvalue weighted by molar-refractivity contribution is -0.137. The third-order valence-corrected chi connectivity index (χ3v) is 13.5. The summed E-state index contributed by atoms with van der Waals surface area (Å²) < 4.78 is 0. The van der Waals surface area contributed by atoms with E-state index in [0.717, 1.165) is 0 Å². The highest BCUT2D eigenvalue weighted by atomic mass is 16.3. The van der Waals surface area contributed by atoms with E-state index < -0.39 is 157 Å². The van der Waals surface area contributed by atoms with Gasteiger partial charge in [0.25, 0.3) is 0 Å². The van der Waals surface area contributed by atoms with Crippen LogP contribution < -0.4 is 82.3 Å². The summed E-state index contributed by atoms with van der Waals surface area (Å²) in [5.74, 6) is -13.4. The molecule has 0 saturated carbocycles. The molecule has 0 heterocycles. The number of guanidine groups is 1. The first-order valence-corrected chi connectivity index (χ1v) is 29.0. The number of hydrogen-bond donors (Lipinski definition) is 18. The minimum Gasteiger partial charge on any atom is -0.508 e. The van der Waals surface area contributed by atoms with Gasteiger partial charge in [0.05, 0.1) is 25.5 Å². The first-order valence-electron chi connectivity index (χ1n) is 29.0. The highest BCUT2D eigenvalue weighted by molar-refractivity contribution is 6.00. The number of aliphatic hydroxyl groups is 1. The molecular formula is C59H86N16O15. The van der Waals surface area contributed by atoms with Gasteiger partial charge < -0.3 is 97.6 Å². The predicted octanol–water partition coefficient (Wildman–Crippen LogP) is -4.79. The molecule has 0 aliphatic heterocycles. The molecule has 3 aromatic rings. The van der Waals surface area contributed by atoms with E-state index in [-0.39, 0.29) is 74.9 Å². The van der Waals surface area contributed by atoms with Crippen LogP contribution in [0, 0.1) is 11.8 Å². The fraction of sp³-hybridized carbons (Fsp3) is 0.475. The van der Waals surface area contributed by atoms with Crippen molar-refractivity contribution in [2.75, 3.05) is 13.2 Å². The van der Waals surface area contributed by atoms with Gasteiger partial charge in [-0.25, -0.2) is 0 Å². The Hall–Kier alpha value is -9.91. The lowest BCUT2D eigenvalue weighted by Crippen LogP contribution is -2.61. The molecule has 31 nitrogen and oxygen atoms in total. The van der Waals surface area contributed by atoms with E-state index >= 15 is 0 Å². The molecule has 0 aliphatic carbocycles. The molecule has 24 N–H and O–H groups in total. The molecule has 492 valence electrons. The Morgan fingerprint density at radius 2 is 0.733 bits per heavy atom. The third kappa shape index (κ3) is 27.0. The first kappa shape index (κ1) is 74.3. The van der Waals surface area contributed by atoms with Crippen LogP contribution in [0.4, 0.5) is 0 Å². The van der Waals surface area contributed by atoms with Crippen LogP contribution in [0.2, 0.25) is 0 Å². The zero-order chi connectivity index (χ0) is 67.4. The number of hydrogen-bond acceptors (Lipinski definition) is 17. The second-order valence-electron chi connectivity index (χ2n) is 22.4. The molecule has 0 fully saturated rings. The van der Waals surface area contributed by atoms with Gasteiger partial charge in [0.15, 0.2) is 5.96 Å². The Morgan fingerprint density at radius 3 is 1.12 bits per heavy atom. The van der Waals surface area contributed by atoms with E-state index in [0.29, 0.717) is 16.7 Å². The SMILES string of the molecule is CC(C)CC(NC(=O)C(Cc1ccc(O)cc1)NC(=O)C(CC(N)=O)NC(=O)C(CC(C)C)NC(=O)C(CC(N)=O)NC(=O)C(CO)NC(=O)C(Cc1ccc(O)cc1)NC(=O)C(C)N)C(=O)NC(CCCN=C(N)N)C(=O)NC(Cc1ccccc1)C(N)=O. The molecule has 31 heteroatoms. The zero-order valence-corrected chi connectivity index (χ0v) is 50.9. The van der Waals surface area contributed by atoms with Crippen LogP contribution in [0.3, 0.4) is 0 Å². The Bertz CT molecular complexity index is 2980. The predicted molar refractivity (Wildman–Crippen MR) is 328 cm³/mol. The minimum absolute atomic E-state index is 0.0160. The van der Waals surface area contributed by atoms with Gasteiger partial charge in [-0.1, -0.05) is 82.3 Å². The van der Waals surface area contributed by atoms with Gasteiger partial charge >= 0.3 is 0 Å². The molecule has 3 rings (SSSR count). The highest BCUT2D eigenvalue weighted by Crippen LogP contribution is 2.16. The number of carbonyl (C=O) groups excluding carboxylic acids is 12. The first-order chi connectivity index (χ1) is 42.3. The number of aromatic hydroxyl groups is 2. The summed E-state index contributed by atoms with van der Waals surface area (Å²) >= 11 is 0. The van der Waals surface area contributed by atoms with E-state index in [9.17, 15) is 72.9 Å². The average Bonchev–Trinajstić information content (AvgIpc) is 1.37. The number of nitrogens with one attached hydrogen (secondary N) is 9. The number of aliphatic hydroxyl groups excluding tert-OH is 1. The van der Waals surface area contributed by atoms with Crippen LogP contribution in [0.5, 0.6) is 11.5 Å². The van der Waals surface area contributed by atoms with Crippen LogP contribution in [0.15, 0.2) is 83.9 Å². The number of phenolic OH excluding ortho intramolecular Hbond substituents is 2. The highest BCUT2D eigenvalue weighted by Gasteiger charge is 2.37. The summed E-state index contributed by atoms with van der Waals surface area (Å²) in [7, 11) is 0. The van der Waals surface area contributed by atoms with E-state index in [1.54, 1.807) is 58.0 Å².